The van der Waals surface area contributed by atoms with Crippen LogP contribution in [-0.4, -0.2) is 19.1 Å². The zero-order valence-electron chi connectivity index (χ0n) is 8.80. The first-order valence-corrected chi connectivity index (χ1v) is 5.37. The van der Waals surface area contributed by atoms with Crippen LogP contribution in [0.25, 0.3) is 0 Å². The van der Waals surface area contributed by atoms with Crippen LogP contribution in [0.2, 0.25) is 0 Å². The number of nitrogens with one attached hydrogen (secondary N) is 2. The quantitative estimate of drug-likeness (QED) is 0.568. The Bertz CT molecular complexity index is 471. The molecule has 0 saturated carbocycles. The van der Waals surface area contributed by atoms with Crippen molar-refractivity contribution in [3.05, 3.63) is 11.6 Å². The molecule has 0 radical (unpaired) electrons. The summed E-state index contributed by atoms with van der Waals surface area (Å²) in [6.45, 7) is 1.34. The van der Waals surface area contributed by atoms with E-state index in [-0.39, 0.29) is 5.91 Å². The van der Waals surface area contributed by atoms with Gasteiger partial charge < -0.3 is 21.1 Å². The van der Waals surface area contributed by atoms with Crippen molar-refractivity contribution in [1.82, 2.24) is 0 Å². The maximum Gasteiger partial charge on any atom is 0.224 e. The summed E-state index contributed by atoms with van der Waals surface area (Å²) < 4.78 is 5.52. The van der Waals surface area contributed by atoms with Gasteiger partial charge >= 0.3 is 0 Å². The van der Waals surface area contributed by atoms with Gasteiger partial charge in [0.1, 0.15) is 12.3 Å². The summed E-state index contributed by atoms with van der Waals surface area (Å²) in [5, 5.41) is 6.11. The molecule has 16 heavy (non-hydrogen) atoms. The molecule has 2 heterocycles. The molecular weight excluding hydrogens is 206 g/mol. The average Bonchev–Trinajstić information content (AvgIpc) is 2.31. The molecular formula is C11H13N3O2. The van der Waals surface area contributed by atoms with Crippen molar-refractivity contribution < 1.29 is 9.53 Å². The zero-order chi connectivity index (χ0) is 11.1. The number of amides is 1. The molecule has 0 fully saturated rings. The lowest BCUT2D eigenvalue weighted by molar-refractivity contribution is -0.116. The molecule has 3 rings (SSSR count). The molecule has 1 aromatic carbocycles. The Kier molecular flexibility index (Phi) is 1.92. The van der Waals surface area contributed by atoms with E-state index in [0.717, 1.165) is 29.9 Å². The number of carbonyl (C=O) groups is 1. The van der Waals surface area contributed by atoms with E-state index in [4.69, 9.17) is 10.5 Å². The SMILES string of the molecule is Nc1cc2c(c3c1OCCN3)NC(=O)CC2. The van der Waals surface area contributed by atoms with Gasteiger partial charge in [-0.15, -0.1) is 0 Å². The lowest BCUT2D eigenvalue weighted by Crippen LogP contribution is -2.25. The van der Waals surface area contributed by atoms with E-state index in [9.17, 15) is 4.79 Å². The Hall–Kier alpha value is -1.91. The Balaban J connectivity index is 2.18. The highest BCUT2D eigenvalue weighted by Gasteiger charge is 2.24. The van der Waals surface area contributed by atoms with Crippen LogP contribution in [0.5, 0.6) is 5.75 Å². The van der Waals surface area contributed by atoms with E-state index in [1.54, 1.807) is 0 Å². The second kappa shape index (κ2) is 3.30. The predicted molar refractivity (Wildman–Crippen MR) is 61.8 cm³/mol. The summed E-state index contributed by atoms with van der Waals surface area (Å²) >= 11 is 0. The molecule has 0 bridgehead atoms. The molecule has 2 aliphatic rings. The van der Waals surface area contributed by atoms with Crippen LogP contribution in [-0.2, 0) is 11.2 Å². The average molecular weight is 219 g/mol. The highest BCUT2D eigenvalue weighted by molar-refractivity contribution is 6.00. The van der Waals surface area contributed by atoms with E-state index < -0.39 is 0 Å². The lowest BCUT2D eigenvalue weighted by Gasteiger charge is -2.27. The maximum absolute atomic E-state index is 11.4. The van der Waals surface area contributed by atoms with Gasteiger partial charge in [-0.1, -0.05) is 0 Å². The molecule has 0 saturated heterocycles. The van der Waals surface area contributed by atoms with Crippen LogP contribution < -0.4 is 21.1 Å². The number of hydrogen-bond donors (Lipinski definition) is 3. The third kappa shape index (κ3) is 1.28. The summed E-state index contributed by atoms with van der Waals surface area (Å²) in [5.41, 5.74) is 9.30. The van der Waals surface area contributed by atoms with Crippen molar-refractivity contribution in [3.8, 4) is 5.75 Å². The molecule has 1 aromatic rings. The van der Waals surface area contributed by atoms with Gasteiger partial charge in [-0.2, -0.15) is 0 Å². The maximum atomic E-state index is 11.4. The molecule has 2 aliphatic heterocycles. The van der Waals surface area contributed by atoms with Gasteiger partial charge in [-0.25, -0.2) is 0 Å². The van der Waals surface area contributed by atoms with Crippen LogP contribution in [0.15, 0.2) is 6.07 Å². The molecule has 84 valence electrons. The van der Waals surface area contributed by atoms with Gasteiger partial charge in [0.05, 0.1) is 11.4 Å². The Morgan fingerprint density at radius 3 is 3.06 bits per heavy atom. The molecule has 0 atom stereocenters. The van der Waals surface area contributed by atoms with Crippen molar-refractivity contribution in [3.63, 3.8) is 0 Å². The number of ether oxygens (including phenoxy) is 1. The van der Waals surface area contributed by atoms with Crippen molar-refractivity contribution >= 4 is 23.0 Å². The molecule has 0 aliphatic carbocycles. The fraction of sp³-hybridized carbons (Fsp3) is 0.364. The predicted octanol–water partition coefficient (Wildman–Crippen LogP) is 0.958. The fourth-order valence-corrected chi connectivity index (χ4v) is 2.19. The van der Waals surface area contributed by atoms with Gasteiger partial charge in [0.15, 0.2) is 5.75 Å². The summed E-state index contributed by atoms with van der Waals surface area (Å²) in [6, 6.07) is 1.89. The minimum atomic E-state index is 0.0480. The van der Waals surface area contributed by atoms with Crippen LogP contribution in [0, 0.1) is 0 Å². The standard InChI is InChI=1S/C11H13N3O2/c12-7-5-6-1-2-8(15)14-9(6)10-11(7)16-4-3-13-10/h5,13H,1-4,12H2,(H,14,15). The number of rotatable bonds is 0. The van der Waals surface area contributed by atoms with Gasteiger partial charge in [0, 0.05) is 13.0 Å². The lowest BCUT2D eigenvalue weighted by atomic mass is 9.99. The summed E-state index contributed by atoms with van der Waals surface area (Å²) in [7, 11) is 0. The van der Waals surface area contributed by atoms with Crippen molar-refractivity contribution in [2.24, 2.45) is 0 Å². The zero-order valence-corrected chi connectivity index (χ0v) is 8.80. The van der Waals surface area contributed by atoms with E-state index in [1.165, 1.54) is 0 Å². The largest absolute Gasteiger partial charge is 0.487 e. The first-order valence-electron chi connectivity index (χ1n) is 5.37. The first kappa shape index (κ1) is 9.33. The third-order valence-corrected chi connectivity index (χ3v) is 2.93. The second-order valence-electron chi connectivity index (χ2n) is 4.03. The van der Waals surface area contributed by atoms with Crippen molar-refractivity contribution in [1.29, 1.82) is 0 Å². The van der Waals surface area contributed by atoms with E-state index >= 15 is 0 Å². The van der Waals surface area contributed by atoms with Gasteiger partial charge in [0.25, 0.3) is 0 Å². The normalized spacial score (nSPS) is 17.6. The highest BCUT2D eigenvalue weighted by Crippen LogP contribution is 2.43. The van der Waals surface area contributed by atoms with Gasteiger partial charge in [0.2, 0.25) is 5.91 Å². The summed E-state index contributed by atoms with van der Waals surface area (Å²) in [4.78, 5) is 11.4. The number of fused-ring (bicyclic) bond motifs is 3. The van der Waals surface area contributed by atoms with Crippen LogP contribution in [0.4, 0.5) is 17.1 Å². The minimum absolute atomic E-state index is 0.0480. The van der Waals surface area contributed by atoms with E-state index in [2.05, 4.69) is 10.6 Å². The molecule has 0 unspecified atom stereocenters. The second-order valence-corrected chi connectivity index (χ2v) is 4.03. The molecule has 0 spiro atoms. The highest BCUT2D eigenvalue weighted by atomic mass is 16.5. The minimum Gasteiger partial charge on any atom is -0.487 e. The third-order valence-electron chi connectivity index (χ3n) is 2.93. The Labute approximate surface area is 93.0 Å². The first-order chi connectivity index (χ1) is 7.75. The fourth-order valence-electron chi connectivity index (χ4n) is 2.19. The Morgan fingerprint density at radius 2 is 2.19 bits per heavy atom. The smallest absolute Gasteiger partial charge is 0.224 e. The van der Waals surface area contributed by atoms with Crippen molar-refractivity contribution in [2.45, 2.75) is 12.8 Å². The van der Waals surface area contributed by atoms with E-state index in [0.29, 0.717) is 24.5 Å². The number of aryl methyl sites for hydroxylation is 1. The molecule has 4 N–H and O–H groups in total. The van der Waals surface area contributed by atoms with Crippen LogP contribution in [0.3, 0.4) is 0 Å². The number of carbonyl (C=O) groups excluding carboxylic acids is 1. The molecule has 1 amide bonds. The number of nitrogen functional groups attached to an aromatic ring is 1. The van der Waals surface area contributed by atoms with Crippen LogP contribution in [0.1, 0.15) is 12.0 Å². The number of benzene rings is 1. The number of anilines is 3. The van der Waals surface area contributed by atoms with Gasteiger partial charge in [-0.3, -0.25) is 4.79 Å². The topological polar surface area (TPSA) is 76.4 Å². The van der Waals surface area contributed by atoms with Gasteiger partial charge in [-0.05, 0) is 18.1 Å². The molecule has 0 aromatic heterocycles. The number of hydrogen-bond acceptors (Lipinski definition) is 4. The Morgan fingerprint density at radius 1 is 1.31 bits per heavy atom. The molecule has 5 nitrogen and oxygen atoms in total. The summed E-state index contributed by atoms with van der Waals surface area (Å²) in [5.74, 6) is 0.707. The van der Waals surface area contributed by atoms with E-state index in [1.807, 2.05) is 6.07 Å². The van der Waals surface area contributed by atoms with Crippen molar-refractivity contribution in [2.75, 3.05) is 29.5 Å². The monoisotopic (exact) mass is 219 g/mol. The number of nitrogens with two attached hydrogens (primary N) is 1. The molecule has 5 heteroatoms. The summed E-state index contributed by atoms with van der Waals surface area (Å²) in [6.07, 6.45) is 1.26. The van der Waals surface area contributed by atoms with Crippen LogP contribution >= 0.6 is 0 Å².